The van der Waals surface area contributed by atoms with E-state index in [0.717, 1.165) is 11.1 Å². The lowest BCUT2D eigenvalue weighted by molar-refractivity contribution is -0.127. The van der Waals surface area contributed by atoms with Crippen LogP contribution in [0, 0.1) is 5.92 Å². The topological polar surface area (TPSA) is 71.3 Å². The number of carbonyl (C=O) groups excluding carboxylic acids is 2. The number of rotatable bonds is 7. The molecular weight excluding hydrogens is 390 g/mol. The molecule has 0 spiro atoms. The fourth-order valence-electron chi connectivity index (χ4n) is 4.22. The van der Waals surface area contributed by atoms with Gasteiger partial charge in [-0.05, 0) is 18.1 Å². The largest absolute Gasteiger partial charge is 0.343 e. The fourth-order valence-corrected chi connectivity index (χ4v) is 4.22. The first-order valence-electron chi connectivity index (χ1n) is 10.6. The van der Waals surface area contributed by atoms with Gasteiger partial charge in [0.05, 0.1) is 6.20 Å². The van der Waals surface area contributed by atoms with Gasteiger partial charge in [0.2, 0.25) is 5.91 Å². The van der Waals surface area contributed by atoms with E-state index in [1.807, 2.05) is 72.5 Å². The summed E-state index contributed by atoms with van der Waals surface area (Å²) >= 11 is 0. The molecule has 2 amide bonds. The summed E-state index contributed by atoms with van der Waals surface area (Å²) in [6.07, 6.45) is 2.20. The van der Waals surface area contributed by atoms with Crippen molar-refractivity contribution in [3.05, 3.63) is 83.7 Å². The number of benzene rings is 2. The maximum Gasteiger partial charge on any atom is 0.275 e. The van der Waals surface area contributed by atoms with Gasteiger partial charge in [-0.3, -0.25) is 9.59 Å². The molecule has 1 aliphatic heterocycles. The standard InChI is InChI=1S/C24H27N5O2/c1-3-28-16-18(14-22(28)30)15-27(2)24(31)21-17-29(26-25-21)23(19-10-6-4-7-11-19)20-12-8-5-9-13-20/h4-13,17-18,23H,3,14-16H2,1-2H3/t18-/m1/s1. The zero-order chi connectivity index (χ0) is 21.8. The third-order valence-electron chi connectivity index (χ3n) is 5.78. The Morgan fingerprint density at radius 3 is 2.26 bits per heavy atom. The molecule has 1 aromatic heterocycles. The molecule has 2 heterocycles. The number of nitrogens with zero attached hydrogens (tertiary/aromatic N) is 5. The Morgan fingerprint density at radius 1 is 1.10 bits per heavy atom. The van der Waals surface area contributed by atoms with Crippen LogP contribution in [0.2, 0.25) is 0 Å². The number of amides is 2. The van der Waals surface area contributed by atoms with Gasteiger partial charge in [0.1, 0.15) is 6.04 Å². The predicted molar refractivity (Wildman–Crippen MR) is 117 cm³/mol. The van der Waals surface area contributed by atoms with Crippen molar-refractivity contribution < 1.29 is 9.59 Å². The minimum absolute atomic E-state index is 0.151. The summed E-state index contributed by atoms with van der Waals surface area (Å²) in [5, 5.41) is 8.47. The highest BCUT2D eigenvalue weighted by atomic mass is 16.2. The van der Waals surface area contributed by atoms with Gasteiger partial charge in [-0.15, -0.1) is 5.10 Å². The van der Waals surface area contributed by atoms with Crippen LogP contribution in [-0.2, 0) is 4.79 Å². The van der Waals surface area contributed by atoms with Crippen LogP contribution in [0.4, 0.5) is 0 Å². The Kier molecular flexibility index (Phi) is 6.11. The van der Waals surface area contributed by atoms with Crippen LogP contribution in [0.3, 0.4) is 0 Å². The van der Waals surface area contributed by atoms with Gasteiger partial charge < -0.3 is 9.80 Å². The summed E-state index contributed by atoms with van der Waals surface area (Å²) < 4.78 is 1.74. The molecule has 160 valence electrons. The summed E-state index contributed by atoms with van der Waals surface area (Å²) in [4.78, 5) is 28.4. The molecule has 0 bridgehead atoms. The Labute approximate surface area is 182 Å². The van der Waals surface area contributed by atoms with Crippen LogP contribution in [0.25, 0.3) is 0 Å². The minimum Gasteiger partial charge on any atom is -0.343 e. The number of aromatic nitrogens is 3. The number of carbonyl (C=O) groups is 2. The third-order valence-corrected chi connectivity index (χ3v) is 5.78. The SMILES string of the molecule is CCN1C[C@@H](CN(C)C(=O)c2cn(C(c3ccccc3)c3ccccc3)nn2)CC1=O. The van der Waals surface area contributed by atoms with Crippen LogP contribution in [0.5, 0.6) is 0 Å². The lowest BCUT2D eigenvalue weighted by atomic mass is 9.99. The van der Waals surface area contributed by atoms with Crippen molar-refractivity contribution in [1.82, 2.24) is 24.8 Å². The van der Waals surface area contributed by atoms with Crippen LogP contribution in [0.1, 0.15) is 41.0 Å². The van der Waals surface area contributed by atoms with Crippen LogP contribution in [-0.4, -0.2) is 63.3 Å². The van der Waals surface area contributed by atoms with Crippen molar-refractivity contribution in [2.24, 2.45) is 5.92 Å². The van der Waals surface area contributed by atoms with Crippen molar-refractivity contribution in [2.45, 2.75) is 19.4 Å². The second kappa shape index (κ2) is 9.12. The number of hydrogen-bond acceptors (Lipinski definition) is 4. The van der Waals surface area contributed by atoms with Crippen molar-refractivity contribution in [1.29, 1.82) is 0 Å². The summed E-state index contributed by atoms with van der Waals surface area (Å²) in [7, 11) is 1.76. The predicted octanol–water partition coefficient (Wildman–Crippen LogP) is 2.86. The molecule has 0 radical (unpaired) electrons. The fraction of sp³-hybridized carbons (Fsp3) is 0.333. The molecule has 0 unspecified atom stereocenters. The molecule has 7 nitrogen and oxygen atoms in total. The molecule has 31 heavy (non-hydrogen) atoms. The van der Waals surface area contributed by atoms with Gasteiger partial charge in [-0.25, -0.2) is 4.68 Å². The highest BCUT2D eigenvalue weighted by Gasteiger charge is 2.31. The van der Waals surface area contributed by atoms with E-state index in [0.29, 0.717) is 31.7 Å². The lowest BCUT2D eigenvalue weighted by Gasteiger charge is -2.20. The maximum atomic E-state index is 13.0. The average molecular weight is 418 g/mol. The van der Waals surface area contributed by atoms with Crippen molar-refractivity contribution in [3.8, 4) is 0 Å². The quantitative estimate of drug-likeness (QED) is 0.593. The molecule has 1 saturated heterocycles. The van der Waals surface area contributed by atoms with Crippen molar-refractivity contribution in [3.63, 3.8) is 0 Å². The number of likely N-dealkylation sites (tertiary alicyclic amines) is 1. The first kappa shape index (κ1) is 20.8. The Morgan fingerprint density at radius 2 is 1.71 bits per heavy atom. The van der Waals surface area contributed by atoms with Crippen LogP contribution < -0.4 is 0 Å². The normalized spacial score (nSPS) is 16.2. The molecule has 0 saturated carbocycles. The third kappa shape index (κ3) is 4.50. The van der Waals surface area contributed by atoms with E-state index in [2.05, 4.69) is 10.3 Å². The lowest BCUT2D eigenvalue weighted by Crippen LogP contribution is -2.33. The highest BCUT2D eigenvalue weighted by Crippen LogP contribution is 2.26. The molecule has 4 rings (SSSR count). The Hall–Kier alpha value is -3.48. The van der Waals surface area contributed by atoms with Gasteiger partial charge in [0.25, 0.3) is 5.91 Å². The Bertz CT molecular complexity index is 995. The van der Waals surface area contributed by atoms with E-state index < -0.39 is 0 Å². The van der Waals surface area contributed by atoms with Gasteiger partial charge in [0.15, 0.2) is 5.69 Å². The molecule has 2 aromatic carbocycles. The molecule has 1 atom stereocenters. The molecule has 7 heteroatoms. The zero-order valence-electron chi connectivity index (χ0n) is 17.9. The first-order valence-corrected chi connectivity index (χ1v) is 10.6. The highest BCUT2D eigenvalue weighted by molar-refractivity contribution is 5.91. The average Bonchev–Trinajstić information content (AvgIpc) is 3.41. The molecule has 3 aromatic rings. The van der Waals surface area contributed by atoms with E-state index in [1.54, 1.807) is 22.8 Å². The monoisotopic (exact) mass is 417 g/mol. The minimum atomic E-state index is -0.187. The summed E-state index contributed by atoms with van der Waals surface area (Å²) in [5.41, 5.74) is 2.43. The first-order chi connectivity index (χ1) is 15.1. The van der Waals surface area contributed by atoms with E-state index in [-0.39, 0.29) is 23.8 Å². The summed E-state index contributed by atoms with van der Waals surface area (Å²) in [6, 6.07) is 19.9. The molecular formula is C24H27N5O2. The van der Waals surface area contributed by atoms with Gasteiger partial charge in [-0.1, -0.05) is 65.9 Å². The van der Waals surface area contributed by atoms with E-state index in [1.165, 1.54) is 0 Å². The van der Waals surface area contributed by atoms with Gasteiger partial charge in [-0.2, -0.15) is 0 Å². The molecule has 1 aliphatic rings. The second-order valence-electron chi connectivity index (χ2n) is 8.00. The van der Waals surface area contributed by atoms with Gasteiger partial charge >= 0.3 is 0 Å². The summed E-state index contributed by atoms with van der Waals surface area (Å²) in [6.45, 7) is 3.91. The molecule has 1 fully saturated rings. The van der Waals surface area contributed by atoms with Gasteiger partial charge in [0, 0.05) is 39.0 Å². The smallest absolute Gasteiger partial charge is 0.275 e. The zero-order valence-corrected chi connectivity index (χ0v) is 17.9. The molecule has 0 N–H and O–H groups in total. The van der Waals surface area contributed by atoms with E-state index in [9.17, 15) is 9.59 Å². The molecule has 0 aliphatic carbocycles. The Balaban J connectivity index is 1.53. The number of hydrogen-bond donors (Lipinski definition) is 0. The van der Waals surface area contributed by atoms with E-state index >= 15 is 0 Å². The second-order valence-corrected chi connectivity index (χ2v) is 8.00. The van der Waals surface area contributed by atoms with Crippen molar-refractivity contribution >= 4 is 11.8 Å². The van der Waals surface area contributed by atoms with Crippen molar-refractivity contribution in [2.75, 3.05) is 26.7 Å². The van der Waals surface area contributed by atoms with Crippen LogP contribution >= 0.6 is 0 Å². The summed E-state index contributed by atoms with van der Waals surface area (Å²) in [5.74, 6) is 0.124. The maximum absolute atomic E-state index is 13.0. The van der Waals surface area contributed by atoms with Crippen LogP contribution in [0.15, 0.2) is 66.9 Å². The van der Waals surface area contributed by atoms with E-state index in [4.69, 9.17) is 0 Å².